The van der Waals surface area contributed by atoms with Crippen molar-refractivity contribution in [1.82, 2.24) is 34.4 Å². The van der Waals surface area contributed by atoms with Crippen molar-refractivity contribution in [3.8, 4) is 11.4 Å². The van der Waals surface area contributed by atoms with E-state index >= 15 is 0 Å². The number of hydrogen-bond acceptors (Lipinski definition) is 9. The van der Waals surface area contributed by atoms with Gasteiger partial charge in [-0.15, -0.1) is 0 Å². The summed E-state index contributed by atoms with van der Waals surface area (Å²) in [7, 11) is 1.86. The van der Waals surface area contributed by atoms with Gasteiger partial charge < -0.3 is 14.5 Å². The van der Waals surface area contributed by atoms with Crippen molar-refractivity contribution in [3.63, 3.8) is 0 Å². The Morgan fingerprint density at radius 1 is 0.939 bits per heavy atom. The molecular weight excluding hydrogens is 618 g/mol. The summed E-state index contributed by atoms with van der Waals surface area (Å²) < 4.78 is 7.22. The summed E-state index contributed by atoms with van der Waals surface area (Å²) in [5.41, 5.74) is 5.40. The number of ether oxygens (including phenoxy) is 1. The molecule has 9 rings (SSSR count). The fraction of sp³-hybridized carbons (Fsp3) is 0.514. The molecule has 0 bridgehead atoms. The molecule has 49 heavy (non-hydrogen) atoms. The van der Waals surface area contributed by atoms with Crippen molar-refractivity contribution < 1.29 is 14.3 Å². The first-order chi connectivity index (χ1) is 23.9. The molecule has 0 unspecified atom stereocenters. The van der Waals surface area contributed by atoms with E-state index in [2.05, 4.69) is 56.3 Å². The smallest absolute Gasteiger partial charge is 0.237 e. The number of carbonyl (C=O) groups excluding carboxylic acids is 2. The molecule has 12 heteroatoms. The van der Waals surface area contributed by atoms with Gasteiger partial charge in [-0.3, -0.25) is 29.1 Å². The summed E-state index contributed by atoms with van der Waals surface area (Å²) in [4.78, 5) is 50.1. The lowest BCUT2D eigenvalue weighted by molar-refractivity contribution is -0.134. The van der Waals surface area contributed by atoms with Gasteiger partial charge in [-0.2, -0.15) is 5.10 Å². The Balaban J connectivity index is 0.802. The second kappa shape index (κ2) is 11.9. The zero-order valence-electron chi connectivity index (χ0n) is 28.2. The Labute approximate surface area is 286 Å². The second-order valence-corrected chi connectivity index (χ2v) is 14.9. The minimum absolute atomic E-state index is 0.131. The molecule has 254 valence electrons. The van der Waals surface area contributed by atoms with E-state index in [4.69, 9.17) is 14.7 Å². The van der Waals surface area contributed by atoms with Crippen LogP contribution in [0.15, 0.2) is 53.8 Å². The third-order valence-corrected chi connectivity index (χ3v) is 11.8. The lowest BCUT2D eigenvalue weighted by Gasteiger charge is -2.47. The van der Waals surface area contributed by atoms with Crippen LogP contribution in [0.4, 0.5) is 5.82 Å². The average molecular weight is 662 g/mol. The number of aromatic nitrogens is 4. The lowest BCUT2D eigenvalue weighted by atomic mass is 9.77. The fourth-order valence-corrected chi connectivity index (χ4v) is 8.57. The molecule has 4 fully saturated rings. The first kappa shape index (κ1) is 30.6. The zero-order chi connectivity index (χ0) is 33.2. The highest BCUT2D eigenvalue weighted by atomic mass is 16.5. The number of carbonyl (C=O) groups is 2. The molecule has 1 aromatic carbocycles. The third-order valence-electron chi connectivity index (χ3n) is 11.8. The summed E-state index contributed by atoms with van der Waals surface area (Å²) in [5.74, 6) is 2.70. The summed E-state index contributed by atoms with van der Waals surface area (Å²) >= 11 is 0. The molecule has 2 amide bonds. The third kappa shape index (κ3) is 5.45. The Morgan fingerprint density at radius 2 is 1.73 bits per heavy atom. The maximum atomic E-state index is 14.0. The van der Waals surface area contributed by atoms with Crippen LogP contribution in [0.1, 0.15) is 48.9 Å². The molecule has 4 saturated heterocycles. The van der Waals surface area contributed by atoms with E-state index in [1.165, 1.54) is 11.1 Å². The van der Waals surface area contributed by atoms with Crippen LogP contribution in [0.2, 0.25) is 0 Å². The zero-order valence-corrected chi connectivity index (χ0v) is 28.2. The number of amides is 2. The highest BCUT2D eigenvalue weighted by Gasteiger charge is 2.52. The quantitative estimate of drug-likeness (QED) is 0.411. The van der Waals surface area contributed by atoms with Gasteiger partial charge in [0, 0.05) is 62.9 Å². The molecule has 6 aliphatic rings. The Morgan fingerprint density at radius 3 is 2.45 bits per heavy atom. The minimum atomic E-state index is -0.449. The largest absolute Gasteiger partial charge is 0.380 e. The number of piperidine rings is 1. The van der Waals surface area contributed by atoms with E-state index in [1.54, 1.807) is 11.0 Å². The molecule has 8 heterocycles. The molecule has 2 spiro atoms. The lowest BCUT2D eigenvalue weighted by Crippen LogP contribution is -2.52. The van der Waals surface area contributed by atoms with Crippen LogP contribution in [0.5, 0.6) is 0 Å². The van der Waals surface area contributed by atoms with Gasteiger partial charge in [-0.05, 0) is 55.9 Å². The average Bonchev–Trinajstić information content (AvgIpc) is 3.91. The van der Waals surface area contributed by atoms with Crippen molar-refractivity contribution in [2.24, 2.45) is 22.9 Å². The molecule has 6 aliphatic heterocycles. The summed E-state index contributed by atoms with van der Waals surface area (Å²) in [6, 6.07) is 12.4. The van der Waals surface area contributed by atoms with Crippen LogP contribution in [-0.4, -0.2) is 118 Å². The molecule has 3 aromatic rings. The van der Waals surface area contributed by atoms with E-state index in [0.29, 0.717) is 50.5 Å². The van der Waals surface area contributed by atoms with Crippen LogP contribution in [0.25, 0.3) is 17.0 Å². The second-order valence-electron chi connectivity index (χ2n) is 14.9. The summed E-state index contributed by atoms with van der Waals surface area (Å²) in [6.07, 6.45) is 8.51. The maximum absolute atomic E-state index is 14.0. The van der Waals surface area contributed by atoms with Crippen molar-refractivity contribution >= 4 is 29.0 Å². The number of rotatable bonds is 5. The van der Waals surface area contributed by atoms with Gasteiger partial charge in [0.05, 0.1) is 31.7 Å². The van der Waals surface area contributed by atoms with Crippen LogP contribution < -0.4 is 4.90 Å². The van der Waals surface area contributed by atoms with E-state index in [0.717, 1.165) is 93.4 Å². The number of nitrogens with zero attached hydrogens (tertiary/aromatic N) is 9. The van der Waals surface area contributed by atoms with Crippen LogP contribution >= 0.6 is 0 Å². The normalized spacial score (nSPS) is 24.8. The summed E-state index contributed by atoms with van der Waals surface area (Å²) in [5, 5.41) is 4.39. The number of fused-ring (bicyclic) bond motifs is 1. The number of aliphatic imine (C=N–C) groups is 1. The van der Waals surface area contributed by atoms with E-state index in [9.17, 15) is 9.59 Å². The first-order valence-corrected chi connectivity index (χ1v) is 17.7. The number of aryl methyl sites for hydroxylation is 1. The SMILES string of the molecule is Cn1cnc(-c2ccc(C3=CCN(C(=O)CN4CC[C@]5(CCN(c6ccc7c(n6)C(N6CCC8(CC6)COC8)=NC7)C5=O)C4)CC3)cc2)n1. The molecule has 2 aromatic heterocycles. The minimum Gasteiger partial charge on any atom is -0.380 e. The fourth-order valence-electron chi connectivity index (χ4n) is 8.57. The Kier molecular flexibility index (Phi) is 7.42. The molecule has 0 aliphatic carbocycles. The predicted molar refractivity (Wildman–Crippen MR) is 185 cm³/mol. The monoisotopic (exact) mass is 661 g/mol. The van der Waals surface area contributed by atoms with Gasteiger partial charge in [0.15, 0.2) is 11.7 Å². The van der Waals surface area contributed by atoms with Crippen LogP contribution in [-0.2, 0) is 27.9 Å². The molecular formula is C37H43N9O3. The van der Waals surface area contributed by atoms with Crippen molar-refractivity contribution in [2.45, 2.75) is 38.6 Å². The number of hydrogen-bond donors (Lipinski definition) is 0. The number of likely N-dealkylation sites (tertiary alicyclic amines) is 2. The summed E-state index contributed by atoms with van der Waals surface area (Å²) in [6.45, 7) is 8.05. The maximum Gasteiger partial charge on any atom is 0.237 e. The van der Waals surface area contributed by atoms with Gasteiger partial charge in [0.1, 0.15) is 17.8 Å². The van der Waals surface area contributed by atoms with E-state index in [1.807, 2.05) is 22.9 Å². The van der Waals surface area contributed by atoms with Gasteiger partial charge in [-0.1, -0.05) is 36.4 Å². The number of anilines is 1. The topological polar surface area (TPSA) is 112 Å². The van der Waals surface area contributed by atoms with Crippen LogP contribution in [0.3, 0.4) is 0 Å². The highest BCUT2D eigenvalue weighted by Crippen LogP contribution is 2.43. The van der Waals surface area contributed by atoms with E-state index in [-0.39, 0.29) is 11.8 Å². The number of amidine groups is 1. The van der Waals surface area contributed by atoms with Gasteiger partial charge >= 0.3 is 0 Å². The number of pyridine rings is 1. The van der Waals surface area contributed by atoms with Crippen molar-refractivity contribution in [3.05, 3.63) is 65.6 Å². The molecule has 12 nitrogen and oxygen atoms in total. The van der Waals surface area contributed by atoms with E-state index < -0.39 is 5.41 Å². The molecule has 0 N–H and O–H groups in total. The Hall–Kier alpha value is -4.42. The predicted octanol–water partition coefficient (Wildman–Crippen LogP) is 2.99. The van der Waals surface area contributed by atoms with Gasteiger partial charge in [-0.25, -0.2) is 9.97 Å². The van der Waals surface area contributed by atoms with Crippen LogP contribution in [0, 0.1) is 10.8 Å². The molecule has 0 radical (unpaired) electrons. The highest BCUT2D eigenvalue weighted by molar-refractivity contribution is 6.03. The van der Waals surface area contributed by atoms with Gasteiger partial charge in [0.25, 0.3) is 0 Å². The molecule has 1 atom stereocenters. The standard InChI is InChI=1S/C37H43N9O3/c1-42-25-39-33(41-42)28-4-2-26(3-5-28)27-8-14-44(15-9-27)31(47)21-43-16-12-37(22-43)13-19-46(35(37)48)30-7-6-29-20-38-34(32(29)40-30)45-17-10-36(11-18-45)23-49-24-36/h2-8,25H,9-24H2,1H3/t37-/m0/s1. The van der Waals surface area contributed by atoms with Crippen molar-refractivity contribution in [1.29, 1.82) is 0 Å². The molecule has 0 saturated carbocycles. The number of benzene rings is 1. The van der Waals surface area contributed by atoms with Gasteiger partial charge in [0.2, 0.25) is 11.8 Å². The Bertz CT molecular complexity index is 1850. The first-order valence-electron chi connectivity index (χ1n) is 17.7. The van der Waals surface area contributed by atoms with Crippen molar-refractivity contribution in [2.75, 3.05) is 70.5 Å².